The molecule has 2 aliphatic heterocycles. The molecular weight excluding hydrogens is 1920 g/mol. The normalized spacial score (nSPS) is 15.8. The number of hydrogen-bond donors (Lipinski definition) is 5. The van der Waals surface area contributed by atoms with Gasteiger partial charge in [-0.25, -0.2) is 14.5 Å². The van der Waals surface area contributed by atoms with Gasteiger partial charge in [0.1, 0.15) is 25.0 Å². The molecule has 2 aliphatic rings. The molecule has 0 aliphatic carbocycles. The molecule has 3 aromatic carbocycles. The second-order valence-electron chi connectivity index (χ2n) is 37.1. The Hall–Kier alpha value is -8.59. The van der Waals surface area contributed by atoms with Crippen LogP contribution in [0.1, 0.15) is 127 Å². The van der Waals surface area contributed by atoms with E-state index in [1.54, 1.807) is 36.4 Å². The number of carboxylic acids is 1. The number of ether oxygens (including phenoxy) is 3. The molecule has 0 spiro atoms. The van der Waals surface area contributed by atoms with Crippen LogP contribution in [0.4, 0.5) is 45.3 Å². The van der Waals surface area contributed by atoms with E-state index < -0.39 is 148 Å². The van der Waals surface area contributed by atoms with Crippen LogP contribution in [0.25, 0.3) is 17.5 Å². The van der Waals surface area contributed by atoms with Gasteiger partial charge >= 0.3 is 430 Å². The third kappa shape index (κ3) is 28.7. The summed E-state index contributed by atoms with van der Waals surface area (Å²) in [6, 6.07) is 32.6. The minimum atomic E-state index is -4.45. The Balaban J connectivity index is 0.000000236. The SMILES string of the molecule is CC(C)(COc1ccn(-c2ccc(C(=O)NS(=O)(=O)c3cc[c]([Ge]([CH3])([CH3])[CH3])cc3)cn2)n1)C(F)(F)F.CC(C)(COc1ccn(-c2ccc(C(=O)O)c(Cl)n2)n1)C(F)(F)F.C[C@@H]1CN(c2nc(-n3ccc(OCC(C)(C)C(F)(F)F)n3)ccc2C(=O)NS(=O)(=O)c2cc[c]([Ge]([CH3])([CH3])[CH3])cc2)C(C)(C)C1.C[C@@H]1CNC(C)(C)C1.[CH3][Ge]([CH3])([CH3])[c]1ccc(S(N)(=O)=O)cc1. The van der Waals surface area contributed by atoms with Crippen molar-refractivity contribution in [2.75, 3.05) is 37.8 Å². The molecule has 27 nitrogen and oxygen atoms in total. The molecule has 0 radical (unpaired) electrons. The number of benzene rings is 3. The fraction of sp³-hybridized carbons (Fsp3) is 0.458. The molecular formula is C83H110ClF9Ge3N14O13S3. The fourth-order valence-electron chi connectivity index (χ4n) is 12.2. The van der Waals surface area contributed by atoms with E-state index in [0.29, 0.717) is 12.1 Å². The van der Waals surface area contributed by atoms with Crippen LogP contribution >= 0.6 is 11.6 Å². The molecule has 0 bridgehead atoms. The number of sulfonamides is 3. The maximum atomic E-state index is 13.6. The zero-order valence-corrected chi connectivity index (χ0v) is 83.4. The standard InChI is InChI=1S/C30H40F3GeN5O4S.C23H27F3GeN4O4S.C14H13ClF3N3O3.C9H15GeNO2S.C7H15N/c1-20-17-29(4,5)38(18-20)26-23(27(40)37-44(41,42)22-11-9-21(10-12-22)34(6,7)8)13-14-24(35-26)39-16-15-25(36-39)43-19-28(2,3)30(31,32)33;1-22(2,23(24,25)26)15-35-20-12-13-31(29-20)19-11-6-16(14-28-19)21(32)30-36(33,34)18-9-7-17(8-10-18)27(3,4)5;1-13(2,14(16,17)18)7-24-10-5-6-21(20-10)9-4-3-8(12(22)23)11(15)19-9;1-10(2,3)8-4-6-9(7-5-8)14(11,12)13;1-6-4-7(2,3)8-5-6/h9-16,20H,17-19H2,1-8H3,(H,37,40);6-14H,15H2,1-5H3,(H,30,32);3-6H,7H2,1-2H3,(H,22,23);4-7H,1-3H3,(H2,11,12,13);6,8H,4-5H2,1-3H3/t20-;;;;6-/m0...0/s1. The molecule has 0 saturated carbocycles. The van der Waals surface area contributed by atoms with Gasteiger partial charge in [-0.3, -0.25) is 0 Å². The first kappa shape index (κ1) is 104. The Morgan fingerprint density at radius 1 is 0.508 bits per heavy atom. The van der Waals surface area contributed by atoms with Crippen LogP contribution in [0.2, 0.25) is 57.0 Å². The summed E-state index contributed by atoms with van der Waals surface area (Å²) in [6.45, 7) is 19.1. The van der Waals surface area contributed by atoms with Crippen molar-refractivity contribution in [2.24, 2.45) is 33.2 Å². The molecule has 2 saturated heterocycles. The Labute approximate surface area is 742 Å². The zero-order valence-electron chi connectivity index (χ0n) is 73.9. The molecule has 2 atom stereocenters. The molecule has 6 aromatic heterocycles. The number of primary sulfonamides is 1. The number of rotatable bonds is 24. The summed E-state index contributed by atoms with van der Waals surface area (Å²) >= 11 is -0.349. The van der Waals surface area contributed by atoms with Crippen molar-refractivity contribution >= 4 is 118 Å². The van der Waals surface area contributed by atoms with E-state index in [9.17, 15) is 79.2 Å². The van der Waals surface area contributed by atoms with E-state index in [1.807, 2.05) is 35.6 Å². The van der Waals surface area contributed by atoms with Gasteiger partial charge in [0.15, 0.2) is 5.82 Å². The Morgan fingerprint density at radius 3 is 1.17 bits per heavy atom. The molecule has 11 rings (SSSR count). The molecule has 126 heavy (non-hydrogen) atoms. The van der Waals surface area contributed by atoms with E-state index >= 15 is 0 Å². The first-order chi connectivity index (χ1) is 57.4. The molecule has 6 N–H and O–H groups in total. The van der Waals surface area contributed by atoms with Gasteiger partial charge in [0.2, 0.25) is 17.6 Å². The number of amides is 2. The van der Waals surface area contributed by atoms with Crippen LogP contribution in [0.5, 0.6) is 17.6 Å². The van der Waals surface area contributed by atoms with Crippen molar-refractivity contribution in [1.82, 2.24) is 59.1 Å². The quantitative estimate of drug-likeness (QED) is 0.0213. The number of aromatic nitrogens is 9. The van der Waals surface area contributed by atoms with Crippen LogP contribution < -0.4 is 52.2 Å². The van der Waals surface area contributed by atoms with Crippen molar-refractivity contribution < 1.29 is 98.5 Å². The molecule has 9 aromatic rings. The van der Waals surface area contributed by atoms with Crippen molar-refractivity contribution in [2.45, 2.75) is 192 Å². The Kier molecular flexibility index (Phi) is 33.0. The first-order valence-corrected chi connectivity index (χ1v) is 66.5. The fourth-order valence-corrected chi connectivity index (χ4v) is 22.2. The number of halogens is 10. The van der Waals surface area contributed by atoms with Crippen molar-refractivity contribution in [3.05, 3.63) is 174 Å². The number of carbonyl (C=O) groups is 3. The summed E-state index contributed by atoms with van der Waals surface area (Å²) in [5, 5.41) is 29.3. The van der Waals surface area contributed by atoms with E-state index in [1.165, 1.54) is 135 Å². The molecule has 690 valence electrons. The number of nitrogens with two attached hydrogens (primary N) is 1. The van der Waals surface area contributed by atoms with Gasteiger partial charge in [0.25, 0.3) is 0 Å². The van der Waals surface area contributed by atoms with Crippen LogP contribution in [0.15, 0.2) is 167 Å². The Morgan fingerprint density at radius 2 is 0.865 bits per heavy atom. The van der Waals surface area contributed by atoms with Gasteiger partial charge in [0.05, 0.1) is 21.8 Å². The van der Waals surface area contributed by atoms with Crippen LogP contribution in [-0.4, -0.2) is 195 Å². The van der Waals surface area contributed by atoms with Gasteiger partial charge in [-0.15, -0.1) is 15.3 Å². The van der Waals surface area contributed by atoms with Gasteiger partial charge in [-0.2, -0.15) is 39.5 Å². The number of carboxylic acid groups (broad SMARTS) is 1. The topological polar surface area (TPSA) is 359 Å². The van der Waals surface area contributed by atoms with Crippen molar-refractivity contribution in [1.29, 1.82) is 0 Å². The van der Waals surface area contributed by atoms with Crippen LogP contribution in [-0.2, 0) is 30.1 Å². The second kappa shape index (κ2) is 39.8. The van der Waals surface area contributed by atoms with Crippen LogP contribution in [0.3, 0.4) is 0 Å². The maximum absolute atomic E-state index is 13.6. The van der Waals surface area contributed by atoms with Crippen molar-refractivity contribution in [3.8, 4) is 35.1 Å². The summed E-state index contributed by atoms with van der Waals surface area (Å²) in [7, 11) is -11.8. The summed E-state index contributed by atoms with van der Waals surface area (Å²) in [5.41, 5.74) is -6.24. The Bertz CT molecular complexity index is 5650. The summed E-state index contributed by atoms with van der Waals surface area (Å²) in [4.78, 5) is 51.8. The average Bonchev–Trinajstić information content (AvgIpc) is 1.60. The molecule has 43 heteroatoms. The van der Waals surface area contributed by atoms with Gasteiger partial charge in [0, 0.05) is 42.3 Å². The molecule has 2 fully saturated rings. The van der Waals surface area contributed by atoms with E-state index in [-0.39, 0.29) is 83.4 Å². The molecule has 0 unspecified atom stereocenters. The second-order valence-corrected chi connectivity index (χ2v) is 74.4. The summed E-state index contributed by atoms with van der Waals surface area (Å²) in [6.07, 6.45) is -5.63. The van der Waals surface area contributed by atoms with Gasteiger partial charge < -0.3 is 24.6 Å². The molecule has 8 heterocycles. The number of pyridine rings is 3. The predicted molar refractivity (Wildman–Crippen MR) is 472 cm³/mol. The van der Waals surface area contributed by atoms with Crippen molar-refractivity contribution in [3.63, 3.8) is 0 Å². The first-order valence-electron chi connectivity index (χ1n) is 39.6. The van der Waals surface area contributed by atoms with Crippen LogP contribution in [0, 0.1) is 28.1 Å². The third-order valence-corrected chi connectivity index (χ3v) is 37.2. The zero-order chi connectivity index (χ0) is 95.1. The summed E-state index contributed by atoms with van der Waals surface area (Å²) < 4.78 is 218. The third-order valence-electron chi connectivity index (χ3n) is 20.3. The monoisotopic (exact) mass is 2030 g/mol. The van der Waals surface area contributed by atoms with E-state index in [2.05, 4.69) is 115 Å². The summed E-state index contributed by atoms with van der Waals surface area (Å²) in [5.74, 6) is 19.1. The number of nitrogens with zero attached hydrogens (tertiary/aromatic N) is 10. The number of aromatic carboxylic acids is 1. The number of carbonyl (C=O) groups excluding carboxylic acids is 2. The predicted octanol–water partition coefficient (Wildman–Crippen LogP) is 15.3. The molecule has 2 amide bonds. The average molecular weight is 2030 g/mol. The van der Waals surface area contributed by atoms with Gasteiger partial charge in [-0.05, 0) is 86.4 Å². The number of hydrogen-bond acceptors (Lipinski definition) is 20. The van der Waals surface area contributed by atoms with E-state index in [0.717, 1.165) is 62.7 Å². The number of alkyl halides is 9. The number of anilines is 1. The number of nitrogens with one attached hydrogen (secondary N) is 3. The van der Waals surface area contributed by atoms with Gasteiger partial charge in [-0.1, -0.05) is 25.4 Å². The minimum absolute atomic E-state index is 0.000747. The van der Waals surface area contributed by atoms with E-state index in [4.69, 9.17) is 41.0 Å².